The van der Waals surface area contributed by atoms with E-state index in [-0.39, 0.29) is 24.2 Å². The van der Waals surface area contributed by atoms with Crippen molar-refractivity contribution in [1.82, 2.24) is 15.5 Å². The first-order valence-corrected chi connectivity index (χ1v) is 7.82. The second-order valence-corrected chi connectivity index (χ2v) is 5.52. The maximum absolute atomic E-state index is 11.8. The van der Waals surface area contributed by atoms with Gasteiger partial charge in [-0.25, -0.2) is 4.79 Å². The first-order chi connectivity index (χ1) is 11.5. The molecule has 0 aliphatic carbocycles. The summed E-state index contributed by atoms with van der Waals surface area (Å²) in [6.45, 7) is 3.29. The molecular formula is C17H25N3O4. The molecule has 0 bridgehead atoms. The Morgan fingerprint density at radius 1 is 1.21 bits per heavy atom. The lowest BCUT2D eigenvalue weighted by Crippen LogP contribution is -2.40. The van der Waals surface area contributed by atoms with Crippen molar-refractivity contribution in [3.8, 4) is 0 Å². The van der Waals surface area contributed by atoms with E-state index in [9.17, 15) is 14.4 Å². The van der Waals surface area contributed by atoms with Crippen molar-refractivity contribution in [1.29, 1.82) is 0 Å². The highest BCUT2D eigenvalue weighted by Gasteiger charge is 2.19. The van der Waals surface area contributed by atoms with E-state index in [1.54, 1.807) is 6.92 Å². The zero-order valence-electron chi connectivity index (χ0n) is 14.4. The summed E-state index contributed by atoms with van der Waals surface area (Å²) in [5.41, 5.74) is 1.08. The quantitative estimate of drug-likeness (QED) is 0.696. The largest absolute Gasteiger partial charge is 0.469 e. The van der Waals surface area contributed by atoms with E-state index in [1.807, 2.05) is 35.2 Å². The molecule has 0 saturated heterocycles. The van der Waals surface area contributed by atoms with Gasteiger partial charge in [0.05, 0.1) is 13.0 Å². The van der Waals surface area contributed by atoms with Gasteiger partial charge in [-0.3, -0.25) is 19.8 Å². The lowest BCUT2D eigenvalue weighted by molar-refractivity contribution is -0.145. The molecule has 132 valence electrons. The highest BCUT2D eigenvalue weighted by molar-refractivity contribution is 5.94. The highest BCUT2D eigenvalue weighted by atomic mass is 16.5. The molecule has 1 aromatic rings. The molecule has 0 radical (unpaired) electrons. The normalized spacial score (nSPS) is 11.7. The van der Waals surface area contributed by atoms with Gasteiger partial charge in [0.15, 0.2) is 0 Å². The van der Waals surface area contributed by atoms with Crippen LogP contribution in [0.15, 0.2) is 30.3 Å². The number of carbonyl (C=O) groups is 3. The van der Waals surface area contributed by atoms with Gasteiger partial charge in [-0.05, 0) is 5.56 Å². The Balaban J connectivity index is 2.64. The molecule has 3 amide bonds. The van der Waals surface area contributed by atoms with Gasteiger partial charge in [-0.15, -0.1) is 0 Å². The van der Waals surface area contributed by atoms with E-state index in [1.165, 1.54) is 14.2 Å². The van der Waals surface area contributed by atoms with Gasteiger partial charge < -0.3 is 10.1 Å². The third-order valence-electron chi connectivity index (χ3n) is 3.52. The van der Waals surface area contributed by atoms with Gasteiger partial charge >= 0.3 is 12.0 Å². The van der Waals surface area contributed by atoms with Crippen molar-refractivity contribution in [3.63, 3.8) is 0 Å². The van der Waals surface area contributed by atoms with E-state index < -0.39 is 6.03 Å². The van der Waals surface area contributed by atoms with Crippen molar-refractivity contribution in [2.24, 2.45) is 5.92 Å². The fourth-order valence-electron chi connectivity index (χ4n) is 2.25. The van der Waals surface area contributed by atoms with Crippen molar-refractivity contribution in [2.45, 2.75) is 19.9 Å². The SMILES string of the molecule is CNC(=O)NC(=O)CCN(Cc1ccccc1)C[C@H](C)C(=O)OC. The number of nitrogens with zero attached hydrogens (tertiary/aromatic N) is 1. The third kappa shape index (κ3) is 7.23. The topological polar surface area (TPSA) is 87.7 Å². The molecule has 0 heterocycles. The molecule has 1 atom stereocenters. The lowest BCUT2D eigenvalue weighted by Gasteiger charge is -2.24. The molecule has 1 rings (SSSR count). The second kappa shape index (κ2) is 10.4. The van der Waals surface area contributed by atoms with E-state index in [2.05, 4.69) is 10.6 Å². The van der Waals surface area contributed by atoms with Gasteiger partial charge in [0.1, 0.15) is 0 Å². The molecule has 0 aromatic heterocycles. The van der Waals surface area contributed by atoms with E-state index in [4.69, 9.17) is 4.74 Å². The summed E-state index contributed by atoms with van der Waals surface area (Å²) in [5.74, 6) is -0.957. The minimum absolute atomic E-state index is 0.161. The zero-order valence-corrected chi connectivity index (χ0v) is 14.4. The Labute approximate surface area is 142 Å². The van der Waals surface area contributed by atoms with Gasteiger partial charge in [0.25, 0.3) is 0 Å². The van der Waals surface area contributed by atoms with Crippen LogP contribution in [0.1, 0.15) is 18.9 Å². The lowest BCUT2D eigenvalue weighted by atomic mass is 10.1. The van der Waals surface area contributed by atoms with Gasteiger partial charge in [0.2, 0.25) is 5.91 Å². The molecule has 0 unspecified atom stereocenters. The number of benzene rings is 1. The van der Waals surface area contributed by atoms with Gasteiger partial charge in [0, 0.05) is 33.1 Å². The van der Waals surface area contributed by atoms with Gasteiger partial charge in [-0.2, -0.15) is 0 Å². The summed E-state index contributed by atoms with van der Waals surface area (Å²) in [6.07, 6.45) is 0.161. The van der Waals surface area contributed by atoms with Crippen LogP contribution in [-0.2, 0) is 20.9 Å². The molecule has 0 spiro atoms. The smallest absolute Gasteiger partial charge is 0.321 e. The fourth-order valence-corrected chi connectivity index (χ4v) is 2.25. The number of amides is 3. The highest BCUT2D eigenvalue weighted by Crippen LogP contribution is 2.09. The maximum Gasteiger partial charge on any atom is 0.321 e. The Kier molecular flexibility index (Phi) is 8.49. The molecule has 1 aromatic carbocycles. The second-order valence-electron chi connectivity index (χ2n) is 5.52. The van der Waals surface area contributed by atoms with Crippen molar-refractivity contribution in [2.75, 3.05) is 27.2 Å². The van der Waals surface area contributed by atoms with Crippen molar-refractivity contribution in [3.05, 3.63) is 35.9 Å². The average Bonchev–Trinajstić information content (AvgIpc) is 2.59. The van der Waals surface area contributed by atoms with Crippen LogP contribution >= 0.6 is 0 Å². The van der Waals surface area contributed by atoms with Crippen LogP contribution in [0.3, 0.4) is 0 Å². The number of imide groups is 1. The molecule has 7 heteroatoms. The minimum atomic E-state index is -0.530. The third-order valence-corrected chi connectivity index (χ3v) is 3.52. The fraction of sp³-hybridized carbons (Fsp3) is 0.471. The number of carbonyl (C=O) groups excluding carboxylic acids is 3. The minimum Gasteiger partial charge on any atom is -0.469 e. The van der Waals surface area contributed by atoms with Crippen molar-refractivity contribution < 1.29 is 19.1 Å². The number of nitrogens with one attached hydrogen (secondary N) is 2. The van der Waals surface area contributed by atoms with Crippen LogP contribution in [-0.4, -0.2) is 50.1 Å². The first kappa shape index (κ1) is 19.6. The Morgan fingerprint density at radius 3 is 2.46 bits per heavy atom. The molecule has 0 saturated carbocycles. The molecular weight excluding hydrogens is 310 g/mol. The predicted octanol–water partition coefficient (Wildman–Crippen LogP) is 1.14. The molecule has 0 fully saturated rings. The summed E-state index contributed by atoms with van der Waals surface area (Å²) in [4.78, 5) is 36.5. The molecule has 0 aliphatic rings. The monoisotopic (exact) mass is 335 g/mol. The Bertz CT molecular complexity index is 548. The molecule has 0 aliphatic heterocycles. The molecule has 2 N–H and O–H groups in total. The maximum atomic E-state index is 11.8. The summed E-state index contributed by atoms with van der Waals surface area (Å²) < 4.78 is 4.76. The Hall–Kier alpha value is -2.41. The van der Waals surface area contributed by atoms with Crippen LogP contribution in [0.4, 0.5) is 4.79 Å². The number of urea groups is 1. The number of esters is 1. The van der Waals surface area contributed by atoms with Crippen LogP contribution < -0.4 is 10.6 Å². The van der Waals surface area contributed by atoms with E-state index >= 15 is 0 Å². The predicted molar refractivity (Wildman–Crippen MR) is 90.1 cm³/mol. The summed E-state index contributed by atoms with van der Waals surface area (Å²) in [6, 6.07) is 9.26. The number of hydrogen-bond donors (Lipinski definition) is 2. The summed E-state index contributed by atoms with van der Waals surface area (Å²) >= 11 is 0. The Morgan fingerprint density at radius 2 is 1.88 bits per heavy atom. The van der Waals surface area contributed by atoms with E-state index in [0.29, 0.717) is 19.6 Å². The van der Waals surface area contributed by atoms with Gasteiger partial charge in [-0.1, -0.05) is 37.3 Å². The summed E-state index contributed by atoms with van der Waals surface area (Å²) in [5, 5.41) is 4.56. The number of hydrogen-bond acceptors (Lipinski definition) is 5. The number of ether oxygens (including phenoxy) is 1. The van der Waals surface area contributed by atoms with E-state index in [0.717, 1.165) is 5.56 Å². The van der Waals surface area contributed by atoms with Crippen LogP contribution in [0.2, 0.25) is 0 Å². The average molecular weight is 335 g/mol. The molecule has 7 nitrogen and oxygen atoms in total. The van der Waals surface area contributed by atoms with Crippen LogP contribution in [0, 0.1) is 5.92 Å². The van der Waals surface area contributed by atoms with Crippen LogP contribution in [0.5, 0.6) is 0 Å². The molecule has 24 heavy (non-hydrogen) atoms. The summed E-state index contributed by atoms with van der Waals surface area (Å²) in [7, 11) is 2.81. The zero-order chi connectivity index (χ0) is 17.9. The van der Waals surface area contributed by atoms with Crippen molar-refractivity contribution >= 4 is 17.9 Å². The standard InChI is InChI=1S/C17H25N3O4/c1-13(16(22)24-3)11-20(12-14-7-5-4-6-8-14)10-9-15(21)19-17(23)18-2/h4-8,13H,9-12H2,1-3H3,(H2,18,19,21,23)/t13-/m0/s1. The first-order valence-electron chi connectivity index (χ1n) is 7.82. The number of methoxy groups -OCH3 is 1. The number of rotatable bonds is 8. The van der Waals surface area contributed by atoms with Crippen LogP contribution in [0.25, 0.3) is 0 Å².